The average Bonchev–Trinajstić information content (AvgIpc) is 3.48. The molecular weight excluding hydrogens is 396 g/mol. The molecule has 9 nitrogen and oxygen atoms in total. The molecule has 0 radical (unpaired) electrons. The van der Waals surface area contributed by atoms with Crippen molar-refractivity contribution in [1.82, 2.24) is 30.1 Å². The van der Waals surface area contributed by atoms with Crippen molar-refractivity contribution in [3.63, 3.8) is 0 Å². The number of pyridine rings is 1. The van der Waals surface area contributed by atoms with E-state index in [-0.39, 0.29) is 17.7 Å². The fourth-order valence-electron chi connectivity index (χ4n) is 4.72. The maximum absolute atomic E-state index is 13.2. The summed E-state index contributed by atoms with van der Waals surface area (Å²) < 4.78 is 12.9. The number of ether oxygens (including phenoxy) is 2. The zero-order valence-electron chi connectivity index (χ0n) is 17.8. The quantitative estimate of drug-likeness (QED) is 0.648. The lowest BCUT2D eigenvalue weighted by Crippen LogP contribution is -2.39. The first kappa shape index (κ1) is 20.1. The summed E-state index contributed by atoms with van der Waals surface area (Å²) in [6, 6.07) is 7.39. The van der Waals surface area contributed by atoms with E-state index in [1.165, 1.54) is 6.42 Å². The average molecular weight is 425 g/mol. The van der Waals surface area contributed by atoms with Gasteiger partial charge < -0.3 is 14.5 Å². The minimum absolute atomic E-state index is 0.117. The third-order valence-electron chi connectivity index (χ3n) is 6.34. The van der Waals surface area contributed by atoms with Crippen LogP contribution in [0.5, 0.6) is 5.75 Å². The molecule has 1 N–H and O–H groups in total. The van der Waals surface area contributed by atoms with Gasteiger partial charge in [0.15, 0.2) is 5.82 Å². The largest absolute Gasteiger partial charge is 0.497 e. The van der Waals surface area contributed by atoms with Gasteiger partial charge in [-0.15, -0.1) is 5.10 Å². The molecule has 0 unspecified atom stereocenters. The molecule has 9 heteroatoms. The molecular formula is C22H28N6O3. The zero-order valence-corrected chi connectivity index (χ0v) is 17.8. The highest BCUT2D eigenvalue weighted by atomic mass is 16.5. The number of rotatable bonds is 6. The minimum atomic E-state index is -0.299. The van der Waals surface area contributed by atoms with Crippen LogP contribution in [0.15, 0.2) is 29.1 Å². The molecule has 5 rings (SSSR count). The number of hydrogen-bond acceptors (Lipinski definition) is 7. The fraction of sp³-hybridized carbons (Fsp3) is 0.545. The summed E-state index contributed by atoms with van der Waals surface area (Å²) >= 11 is 0. The first-order valence-electron chi connectivity index (χ1n) is 11.1. The second-order valence-electron chi connectivity index (χ2n) is 8.36. The number of H-pyrrole nitrogens is 1. The molecule has 4 heterocycles. The number of tetrazole rings is 1. The number of aromatic amines is 1. The number of benzene rings is 1. The van der Waals surface area contributed by atoms with Crippen molar-refractivity contribution < 1.29 is 9.47 Å². The third kappa shape index (κ3) is 4.07. The van der Waals surface area contributed by atoms with Gasteiger partial charge >= 0.3 is 0 Å². The Labute approximate surface area is 180 Å². The van der Waals surface area contributed by atoms with Crippen molar-refractivity contribution in [1.29, 1.82) is 0 Å². The Balaban J connectivity index is 1.58. The van der Waals surface area contributed by atoms with E-state index in [2.05, 4.69) is 25.4 Å². The lowest BCUT2D eigenvalue weighted by atomic mass is 10.0. The second-order valence-corrected chi connectivity index (χ2v) is 8.36. The summed E-state index contributed by atoms with van der Waals surface area (Å²) in [5.41, 5.74) is 1.30. The molecule has 0 bridgehead atoms. The van der Waals surface area contributed by atoms with Gasteiger partial charge in [-0.1, -0.05) is 6.42 Å². The molecule has 1 aromatic carbocycles. The Morgan fingerprint density at radius 3 is 2.87 bits per heavy atom. The molecule has 3 aromatic rings. The van der Waals surface area contributed by atoms with Crippen LogP contribution in [-0.4, -0.2) is 63.0 Å². The Morgan fingerprint density at radius 2 is 2.10 bits per heavy atom. The van der Waals surface area contributed by atoms with E-state index in [4.69, 9.17) is 9.47 Å². The molecule has 2 atom stereocenters. The second kappa shape index (κ2) is 8.76. The number of hydrogen-bond donors (Lipinski definition) is 1. The van der Waals surface area contributed by atoms with Crippen LogP contribution in [0.2, 0.25) is 0 Å². The number of nitrogens with one attached hydrogen (secondary N) is 1. The van der Waals surface area contributed by atoms with Gasteiger partial charge in [0.2, 0.25) is 0 Å². The van der Waals surface area contributed by atoms with E-state index in [1.54, 1.807) is 7.11 Å². The molecule has 2 fully saturated rings. The van der Waals surface area contributed by atoms with Gasteiger partial charge in [0.05, 0.1) is 25.3 Å². The molecule has 0 amide bonds. The highest BCUT2D eigenvalue weighted by molar-refractivity contribution is 5.80. The van der Waals surface area contributed by atoms with Crippen molar-refractivity contribution in [2.75, 3.05) is 26.8 Å². The summed E-state index contributed by atoms with van der Waals surface area (Å²) in [5.74, 6) is 1.42. The van der Waals surface area contributed by atoms with Crippen molar-refractivity contribution in [2.45, 2.75) is 50.8 Å². The summed E-state index contributed by atoms with van der Waals surface area (Å²) in [4.78, 5) is 18.6. The SMILES string of the molecule is COc1ccc2cc([C@@H](c3nnnn3C[C@@H]3CCCO3)N3CCCCC3)c(=O)[nH]c2c1. The van der Waals surface area contributed by atoms with Crippen molar-refractivity contribution in [3.8, 4) is 5.75 Å². The molecule has 0 spiro atoms. The lowest BCUT2D eigenvalue weighted by Gasteiger charge is -2.33. The highest BCUT2D eigenvalue weighted by Gasteiger charge is 2.32. The van der Waals surface area contributed by atoms with E-state index < -0.39 is 0 Å². The summed E-state index contributed by atoms with van der Waals surface area (Å²) in [5, 5.41) is 13.6. The molecule has 0 saturated carbocycles. The highest BCUT2D eigenvalue weighted by Crippen LogP contribution is 2.30. The van der Waals surface area contributed by atoms with Crippen LogP contribution in [-0.2, 0) is 11.3 Å². The number of nitrogens with zero attached hydrogens (tertiary/aromatic N) is 5. The van der Waals surface area contributed by atoms with Crippen LogP contribution < -0.4 is 10.3 Å². The van der Waals surface area contributed by atoms with E-state index in [0.717, 1.165) is 56.3 Å². The topological polar surface area (TPSA) is 98.2 Å². The molecule has 2 saturated heterocycles. The van der Waals surface area contributed by atoms with Crippen LogP contribution in [0.25, 0.3) is 10.9 Å². The first-order chi connectivity index (χ1) is 15.2. The molecule has 2 aliphatic heterocycles. The molecule has 0 aliphatic carbocycles. The summed E-state index contributed by atoms with van der Waals surface area (Å²) in [6.07, 6.45) is 5.60. The fourth-order valence-corrected chi connectivity index (χ4v) is 4.72. The van der Waals surface area contributed by atoms with Gasteiger partial charge in [-0.3, -0.25) is 9.69 Å². The van der Waals surface area contributed by atoms with Crippen molar-refractivity contribution >= 4 is 10.9 Å². The van der Waals surface area contributed by atoms with Gasteiger partial charge in [-0.05, 0) is 72.8 Å². The van der Waals surface area contributed by atoms with Crippen molar-refractivity contribution in [2.24, 2.45) is 0 Å². The van der Waals surface area contributed by atoms with Gasteiger partial charge in [-0.25, -0.2) is 4.68 Å². The Kier molecular flexibility index (Phi) is 5.69. The molecule has 2 aliphatic rings. The van der Waals surface area contributed by atoms with Crippen molar-refractivity contribution in [3.05, 3.63) is 46.0 Å². The van der Waals surface area contributed by atoms with Crippen LogP contribution in [0.3, 0.4) is 0 Å². The van der Waals surface area contributed by atoms with Gasteiger partial charge in [0.25, 0.3) is 5.56 Å². The van der Waals surface area contributed by atoms with Crippen LogP contribution in [0.4, 0.5) is 0 Å². The van der Waals surface area contributed by atoms with E-state index in [1.807, 2.05) is 28.9 Å². The minimum Gasteiger partial charge on any atom is -0.497 e. The molecule has 164 valence electrons. The summed E-state index contributed by atoms with van der Waals surface area (Å²) in [6.45, 7) is 3.22. The predicted octanol–water partition coefficient (Wildman–Crippen LogP) is 2.28. The Hall–Kier alpha value is -2.78. The third-order valence-corrected chi connectivity index (χ3v) is 6.34. The maximum atomic E-state index is 13.2. The van der Waals surface area contributed by atoms with Gasteiger partial charge in [0.1, 0.15) is 11.8 Å². The van der Waals surface area contributed by atoms with E-state index in [9.17, 15) is 4.79 Å². The van der Waals surface area contributed by atoms with Crippen LogP contribution in [0, 0.1) is 0 Å². The lowest BCUT2D eigenvalue weighted by molar-refractivity contribution is 0.0902. The first-order valence-corrected chi connectivity index (χ1v) is 11.1. The van der Waals surface area contributed by atoms with Gasteiger partial charge in [-0.2, -0.15) is 0 Å². The molecule has 2 aromatic heterocycles. The van der Waals surface area contributed by atoms with Crippen LogP contribution in [0.1, 0.15) is 49.5 Å². The number of aromatic nitrogens is 5. The number of methoxy groups -OCH3 is 1. The smallest absolute Gasteiger partial charge is 0.253 e. The summed E-state index contributed by atoms with van der Waals surface area (Å²) in [7, 11) is 1.62. The van der Waals surface area contributed by atoms with Crippen LogP contribution >= 0.6 is 0 Å². The number of likely N-dealkylation sites (tertiary alicyclic amines) is 1. The monoisotopic (exact) mass is 424 g/mol. The Morgan fingerprint density at radius 1 is 1.23 bits per heavy atom. The number of piperidine rings is 1. The normalized spacial score (nSPS) is 20.9. The number of fused-ring (bicyclic) bond motifs is 1. The molecule has 31 heavy (non-hydrogen) atoms. The maximum Gasteiger partial charge on any atom is 0.253 e. The van der Waals surface area contributed by atoms with E-state index in [0.29, 0.717) is 23.7 Å². The standard InChI is InChI=1S/C22H28N6O3/c1-30-16-8-7-15-12-18(22(29)23-19(15)13-16)20(27-9-3-2-4-10-27)21-24-25-26-28(21)14-17-6-5-11-31-17/h7-8,12-13,17,20H,2-6,9-11,14H2,1H3,(H,23,29)/t17-,20-/m0/s1. The zero-order chi connectivity index (χ0) is 21.2. The Bertz CT molecular complexity index is 1100. The predicted molar refractivity (Wildman–Crippen MR) is 115 cm³/mol. The van der Waals surface area contributed by atoms with E-state index >= 15 is 0 Å². The van der Waals surface area contributed by atoms with Gasteiger partial charge in [0, 0.05) is 18.2 Å².